The Morgan fingerprint density at radius 3 is 2.85 bits per heavy atom. The summed E-state index contributed by atoms with van der Waals surface area (Å²) in [6.45, 7) is 2.15. The third-order valence-corrected chi connectivity index (χ3v) is 2.99. The monoisotopic (exact) mass is 280 g/mol. The lowest BCUT2D eigenvalue weighted by Gasteiger charge is -2.11. The van der Waals surface area contributed by atoms with Crippen molar-refractivity contribution in [2.45, 2.75) is 13.0 Å². The Morgan fingerprint density at radius 2 is 2.10 bits per heavy atom. The van der Waals surface area contributed by atoms with Gasteiger partial charge < -0.3 is 25.4 Å². The summed E-state index contributed by atoms with van der Waals surface area (Å²) < 4.78 is 10.4. The minimum Gasteiger partial charge on any atom is -0.454 e. The highest BCUT2D eigenvalue weighted by molar-refractivity contribution is 5.94. The fraction of sp³-hybridized carbons (Fsp3) is 0.385. The van der Waals surface area contributed by atoms with Crippen LogP contribution in [0.5, 0.6) is 11.5 Å². The molecule has 0 fully saturated rings. The number of hydrogen-bond acceptors (Lipinski definition) is 4. The van der Waals surface area contributed by atoms with Crippen molar-refractivity contribution >= 4 is 17.5 Å². The third kappa shape index (κ3) is 3.39. The molecule has 0 spiro atoms. The van der Waals surface area contributed by atoms with Gasteiger partial charge in [0.25, 0.3) is 11.8 Å². The molecule has 1 aromatic rings. The van der Waals surface area contributed by atoms with E-state index in [9.17, 15) is 9.59 Å². The van der Waals surface area contributed by atoms with Gasteiger partial charge in [-0.1, -0.05) is 0 Å². The fourth-order valence-electron chi connectivity index (χ4n) is 1.72. The minimum atomic E-state index is -0.363. The average Bonchev–Trinajstić information content (AvgIpc) is 2.91. The number of nitrogens with two attached hydrogens (primary N) is 1. The van der Waals surface area contributed by atoms with Gasteiger partial charge in [-0.05, 0) is 19.1 Å². The summed E-state index contributed by atoms with van der Waals surface area (Å²) in [6, 6.07) is 4.84. The molecule has 4 N–H and O–H groups in total. The van der Waals surface area contributed by atoms with E-state index in [1.54, 1.807) is 37.5 Å². The molecule has 0 saturated carbocycles. The molecular weight excluding hydrogens is 262 g/mol. The van der Waals surface area contributed by atoms with Crippen LogP contribution in [0, 0.1) is 0 Å². The molecule has 2 rings (SSSR count). The largest absolute Gasteiger partial charge is 0.454 e. The van der Waals surface area contributed by atoms with Gasteiger partial charge in [0.2, 0.25) is 6.79 Å². The molecule has 108 valence electrons. The van der Waals surface area contributed by atoms with Crippen LogP contribution < -0.4 is 25.4 Å². The van der Waals surface area contributed by atoms with E-state index in [1.807, 2.05) is 0 Å². The summed E-state index contributed by atoms with van der Waals surface area (Å²) in [5, 5.41) is 6.95. The first-order chi connectivity index (χ1) is 9.60. The quantitative estimate of drug-likeness (QED) is 0.648. The first-order valence-electron chi connectivity index (χ1n) is 6.34. The Hall–Kier alpha value is -2.28. The zero-order valence-electron chi connectivity index (χ0n) is 11.4. The van der Waals surface area contributed by atoms with Crippen LogP contribution in [0.15, 0.2) is 18.2 Å². The number of likely N-dealkylation sites (N-methyl/N-ethyl adjacent to an activating group) is 1. The van der Waals surface area contributed by atoms with Gasteiger partial charge in [-0.25, -0.2) is 0 Å². The van der Waals surface area contributed by atoms with E-state index in [4.69, 9.17) is 9.47 Å². The zero-order valence-corrected chi connectivity index (χ0v) is 11.4. The smallest absolute Gasteiger partial charge is 0.282 e. The van der Waals surface area contributed by atoms with E-state index < -0.39 is 0 Å². The van der Waals surface area contributed by atoms with Crippen molar-refractivity contribution in [3.05, 3.63) is 18.2 Å². The Balaban J connectivity index is 1.89. The number of carbonyl (C=O) groups is 2. The summed E-state index contributed by atoms with van der Waals surface area (Å²) in [5.74, 6) is 0.993. The molecule has 0 bridgehead atoms. The number of benzene rings is 1. The van der Waals surface area contributed by atoms with Crippen molar-refractivity contribution in [2.75, 3.05) is 25.7 Å². The molecule has 0 aromatic heterocycles. The molecule has 0 aliphatic carbocycles. The Morgan fingerprint density at radius 1 is 1.35 bits per heavy atom. The minimum absolute atomic E-state index is 0.118. The molecular formula is C13H18N3O4+. The van der Waals surface area contributed by atoms with Gasteiger partial charge in [-0.3, -0.25) is 9.59 Å². The molecule has 1 heterocycles. The molecule has 1 atom stereocenters. The second-order valence-electron chi connectivity index (χ2n) is 4.46. The SMILES string of the molecule is CNC(=O)C[NH2+][C@@H](C)C(=O)Nc1ccc2c(c1)OCO2. The Bertz CT molecular complexity index is 518. The molecule has 1 aliphatic heterocycles. The van der Waals surface area contributed by atoms with E-state index in [2.05, 4.69) is 10.6 Å². The number of hydrogen-bond donors (Lipinski definition) is 3. The summed E-state index contributed by atoms with van der Waals surface area (Å²) in [4.78, 5) is 23.1. The van der Waals surface area contributed by atoms with E-state index in [0.29, 0.717) is 17.2 Å². The Labute approximate surface area is 116 Å². The summed E-state index contributed by atoms with van der Waals surface area (Å²) >= 11 is 0. The lowest BCUT2D eigenvalue weighted by Crippen LogP contribution is -2.93. The molecule has 0 unspecified atom stereocenters. The van der Waals surface area contributed by atoms with Gasteiger partial charge in [-0.15, -0.1) is 0 Å². The molecule has 0 radical (unpaired) electrons. The second-order valence-corrected chi connectivity index (χ2v) is 4.46. The van der Waals surface area contributed by atoms with Crippen LogP contribution in [0.4, 0.5) is 5.69 Å². The number of carbonyl (C=O) groups excluding carboxylic acids is 2. The molecule has 7 nitrogen and oxygen atoms in total. The highest BCUT2D eigenvalue weighted by atomic mass is 16.7. The normalized spacial score (nSPS) is 13.7. The molecule has 2 amide bonds. The topological polar surface area (TPSA) is 93.3 Å². The van der Waals surface area contributed by atoms with Gasteiger partial charge in [0, 0.05) is 18.8 Å². The van der Waals surface area contributed by atoms with Crippen molar-refractivity contribution in [1.29, 1.82) is 0 Å². The van der Waals surface area contributed by atoms with Crippen molar-refractivity contribution in [2.24, 2.45) is 0 Å². The first kappa shape index (κ1) is 14.1. The van der Waals surface area contributed by atoms with Crippen molar-refractivity contribution < 1.29 is 24.4 Å². The van der Waals surface area contributed by atoms with Gasteiger partial charge >= 0.3 is 0 Å². The zero-order chi connectivity index (χ0) is 14.5. The van der Waals surface area contributed by atoms with Crippen molar-refractivity contribution in [3.8, 4) is 11.5 Å². The van der Waals surface area contributed by atoms with Crippen LogP contribution in [0.3, 0.4) is 0 Å². The van der Waals surface area contributed by atoms with Gasteiger partial charge in [-0.2, -0.15) is 0 Å². The highest BCUT2D eigenvalue weighted by Crippen LogP contribution is 2.34. The number of ether oxygens (including phenoxy) is 2. The maximum Gasteiger partial charge on any atom is 0.282 e. The number of nitrogens with one attached hydrogen (secondary N) is 2. The predicted molar refractivity (Wildman–Crippen MR) is 71.5 cm³/mol. The maximum atomic E-state index is 12.0. The highest BCUT2D eigenvalue weighted by Gasteiger charge is 2.19. The number of quaternary nitrogens is 1. The average molecular weight is 280 g/mol. The summed E-state index contributed by atoms with van der Waals surface area (Å²) in [6.07, 6.45) is 0. The molecule has 0 saturated heterocycles. The van der Waals surface area contributed by atoms with Crippen LogP contribution in [0.25, 0.3) is 0 Å². The number of amides is 2. The number of fused-ring (bicyclic) bond motifs is 1. The van der Waals surface area contributed by atoms with Crippen LogP contribution in [-0.2, 0) is 9.59 Å². The first-order valence-corrected chi connectivity index (χ1v) is 6.34. The third-order valence-electron chi connectivity index (χ3n) is 2.99. The van der Waals surface area contributed by atoms with Crippen LogP contribution in [-0.4, -0.2) is 38.2 Å². The van der Waals surface area contributed by atoms with E-state index in [-0.39, 0.29) is 31.2 Å². The van der Waals surface area contributed by atoms with Gasteiger partial charge in [0.15, 0.2) is 24.1 Å². The van der Waals surface area contributed by atoms with E-state index in [1.165, 1.54) is 0 Å². The number of anilines is 1. The predicted octanol–water partition coefficient (Wildman–Crippen LogP) is -0.948. The van der Waals surface area contributed by atoms with Crippen LogP contribution in [0.2, 0.25) is 0 Å². The van der Waals surface area contributed by atoms with E-state index in [0.717, 1.165) is 0 Å². The molecule has 20 heavy (non-hydrogen) atoms. The lowest BCUT2D eigenvalue weighted by molar-refractivity contribution is -0.662. The van der Waals surface area contributed by atoms with E-state index >= 15 is 0 Å². The molecule has 1 aliphatic rings. The fourth-order valence-corrected chi connectivity index (χ4v) is 1.72. The van der Waals surface area contributed by atoms with Crippen LogP contribution in [0.1, 0.15) is 6.92 Å². The van der Waals surface area contributed by atoms with Gasteiger partial charge in [0.1, 0.15) is 0 Å². The molecule has 7 heteroatoms. The molecule has 1 aromatic carbocycles. The van der Waals surface area contributed by atoms with Crippen molar-refractivity contribution in [1.82, 2.24) is 5.32 Å². The Kier molecular flexibility index (Phi) is 4.41. The standard InChI is InChI=1S/C13H17N3O4/c1-8(15-6-12(17)14-2)13(18)16-9-3-4-10-11(5-9)20-7-19-10/h3-5,8,15H,6-7H2,1-2H3,(H,14,17)(H,16,18)/p+1/t8-/m0/s1. The lowest BCUT2D eigenvalue weighted by atomic mass is 10.2. The number of rotatable bonds is 5. The maximum absolute atomic E-state index is 12.0. The van der Waals surface area contributed by atoms with Gasteiger partial charge in [0.05, 0.1) is 0 Å². The summed E-state index contributed by atoms with van der Waals surface area (Å²) in [5.41, 5.74) is 0.638. The second kappa shape index (κ2) is 6.25. The summed E-state index contributed by atoms with van der Waals surface area (Å²) in [7, 11) is 1.56. The van der Waals surface area contributed by atoms with Crippen molar-refractivity contribution in [3.63, 3.8) is 0 Å². The van der Waals surface area contributed by atoms with Crippen LogP contribution >= 0.6 is 0 Å².